The molecule has 0 unspecified atom stereocenters. The standard InChI is InChI=1S/C4H6O2.C4H4S/c1-2-3-4(5)6;1-2-4-5-3-1/h2-3H,1H3,(H,5,6);1-4H/b3-2+;. The summed E-state index contributed by atoms with van der Waals surface area (Å²) < 4.78 is 0. The van der Waals surface area contributed by atoms with Crippen LogP contribution in [0.4, 0.5) is 0 Å². The fourth-order valence-corrected chi connectivity index (χ4v) is 0.823. The molecule has 0 spiro atoms. The Balaban J connectivity index is 0.000000183. The fraction of sp³-hybridized carbons (Fsp3) is 0.125. The summed E-state index contributed by atoms with van der Waals surface area (Å²) in [6.07, 6.45) is 2.56. The van der Waals surface area contributed by atoms with E-state index in [4.69, 9.17) is 5.11 Å². The maximum atomic E-state index is 9.51. The van der Waals surface area contributed by atoms with E-state index in [1.807, 2.05) is 22.9 Å². The first kappa shape index (κ1) is 9.91. The summed E-state index contributed by atoms with van der Waals surface area (Å²) in [7, 11) is 0. The molecule has 0 atom stereocenters. The van der Waals surface area contributed by atoms with Crippen LogP contribution in [0.1, 0.15) is 6.92 Å². The van der Waals surface area contributed by atoms with E-state index in [0.717, 1.165) is 6.08 Å². The molecular weight excluding hydrogens is 160 g/mol. The topological polar surface area (TPSA) is 37.3 Å². The molecule has 0 bridgehead atoms. The van der Waals surface area contributed by atoms with Crippen molar-refractivity contribution in [3.05, 3.63) is 35.0 Å². The van der Waals surface area contributed by atoms with Crippen LogP contribution in [0.25, 0.3) is 0 Å². The Bertz CT molecular complexity index is 185. The van der Waals surface area contributed by atoms with E-state index in [1.54, 1.807) is 18.3 Å². The van der Waals surface area contributed by atoms with Crippen molar-refractivity contribution in [2.45, 2.75) is 6.92 Å². The van der Waals surface area contributed by atoms with Gasteiger partial charge in [0.05, 0.1) is 0 Å². The van der Waals surface area contributed by atoms with E-state index in [0.29, 0.717) is 0 Å². The molecule has 1 N–H and O–H groups in total. The number of carboxylic acid groups (broad SMARTS) is 1. The Hall–Kier alpha value is -1.09. The van der Waals surface area contributed by atoms with Gasteiger partial charge in [0.2, 0.25) is 0 Å². The lowest BCUT2D eigenvalue weighted by Gasteiger charge is -1.68. The van der Waals surface area contributed by atoms with Crippen molar-refractivity contribution in [3.63, 3.8) is 0 Å². The molecule has 3 heteroatoms. The lowest BCUT2D eigenvalue weighted by Crippen LogP contribution is -1.83. The number of hydrogen-bond donors (Lipinski definition) is 1. The van der Waals surface area contributed by atoms with Gasteiger partial charge in [-0.1, -0.05) is 18.2 Å². The summed E-state index contributed by atoms with van der Waals surface area (Å²) in [5, 5.41) is 11.9. The van der Waals surface area contributed by atoms with Crippen LogP contribution in [0, 0.1) is 0 Å². The lowest BCUT2D eigenvalue weighted by molar-refractivity contribution is -0.131. The average molecular weight is 170 g/mol. The number of thiophene rings is 1. The van der Waals surface area contributed by atoms with Crippen LogP contribution in [-0.2, 0) is 4.79 Å². The molecule has 0 fully saturated rings. The van der Waals surface area contributed by atoms with Gasteiger partial charge in [-0.2, -0.15) is 11.3 Å². The first-order valence-corrected chi connectivity index (χ1v) is 4.04. The molecule has 0 aliphatic rings. The molecule has 0 saturated heterocycles. The Morgan fingerprint density at radius 3 is 2.09 bits per heavy atom. The monoisotopic (exact) mass is 170 g/mol. The van der Waals surface area contributed by atoms with E-state index < -0.39 is 5.97 Å². The molecule has 1 aromatic rings. The molecule has 0 aromatic carbocycles. The Morgan fingerprint density at radius 1 is 1.45 bits per heavy atom. The van der Waals surface area contributed by atoms with Crippen LogP contribution in [-0.4, -0.2) is 11.1 Å². The Labute approximate surface area is 69.8 Å². The highest BCUT2D eigenvalue weighted by Gasteiger charge is 1.76. The van der Waals surface area contributed by atoms with Crippen molar-refractivity contribution < 1.29 is 9.90 Å². The zero-order valence-corrected chi connectivity index (χ0v) is 7.04. The summed E-state index contributed by atoms with van der Waals surface area (Å²) in [6.45, 7) is 1.66. The maximum Gasteiger partial charge on any atom is 0.327 e. The quantitative estimate of drug-likeness (QED) is 0.657. The van der Waals surface area contributed by atoms with Gasteiger partial charge in [-0.25, -0.2) is 4.79 Å². The molecule has 0 saturated carbocycles. The van der Waals surface area contributed by atoms with Crippen LogP contribution in [0.15, 0.2) is 35.0 Å². The normalized spacial score (nSPS) is 8.82. The second-order valence-electron chi connectivity index (χ2n) is 1.63. The van der Waals surface area contributed by atoms with Gasteiger partial charge >= 0.3 is 5.97 Å². The SMILES string of the molecule is C/C=C/C(=O)O.c1ccsc1. The number of rotatable bonds is 1. The summed E-state index contributed by atoms with van der Waals surface area (Å²) in [6, 6.07) is 4.04. The summed E-state index contributed by atoms with van der Waals surface area (Å²) in [5.74, 6) is -0.891. The fourth-order valence-electron chi connectivity index (χ4n) is 0.369. The molecule has 60 valence electrons. The van der Waals surface area contributed by atoms with Gasteiger partial charge in [0.25, 0.3) is 0 Å². The highest BCUT2D eigenvalue weighted by Crippen LogP contribution is 1.91. The second kappa shape index (κ2) is 7.02. The number of aliphatic carboxylic acids is 1. The highest BCUT2D eigenvalue weighted by molar-refractivity contribution is 7.07. The number of carbonyl (C=O) groups is 1. The van der Waals surface area contributed by atoms with Gasteiger partial charge in [-0.3, -0.25) is 0 Å². The molecule has 0 radical (unpaired) electrons. The van der Waals surface area contributed by atoms with Crippen molar-refractivity contribution >= 4 is 17.3 Å². The zero-order valence-electron chi connectivity index (χ0n) is 6.23. The first-order chi connectivity index (χ1) is 5.27. The highest BCUT2D eigenvalue weighted by atomic mass is 32.1. The predicted octanol–water partition coefficient (Wildman–Crippen LogP) is 2.40. The largest absolute Gasteiger partial charge is 0.478 e. The number of carboxylic acids is 1. The summed E-state index contributed by atoms with van der Waals surface area (Å²) in [5.41, 5.74) is 0. The van der Waals surface area contributed by atoms with Gasteiger partial charge in [-0.15, -0.1) is 0 Å². The minimum absolute atomic E-state index is 0.891. The molecule has 11 heavy (non-hydrogen) atoms. The summed E-state index contributed by atoms with van der Waals surface area (Å²) in [4.78, 5) is 9.51. The minimum atomic E-state index is -0.891. The molecule has 2 nitrogen and oxygen atoms in total. The third-order valence-corrected chi connectivity index (χ3v) is 1.36. The van der Waals surface area contributed by atoms with Gasteiger partial charge < -0.3 is 5.11 Å². The average Bonchev–Trinajstić information content (AvgIpc) is 2.41. The molecule has 1 heterocycles. The van der Waals surface area contributed by atoms with Crippen LogP contribution in [0.5, 0.6) is 0 Å². The van der Waals surface area contributed by atoms with E-state index in [1.165, 1.54) is 6.08 Å². The second-order valence-corrected chi connectivity index (χ2v) is 2.45. The van der Waals surface area contributed by atoms with E-state index in [2.05, 4.69) is 0 Å². The van der Waals surface area contributed by atoms with Gasteiger partial charge in [0, 0.05) is 6.08 Å². The van der Waals surface area contributed by atoms with E-state index in [-0.39, 0.29) is 0 Å². The van der Waals surface area contributed by atoms with Gasteiger partial charge in [0.15, 0.2) is 0 Å². The Morgan fingerprint density at radius 2 is 2.00 bits per heavy atom. The van der Waals surface area contributed by atoms with Crippen molar-refractivity contribution in [1.29, 1.82) is 0 Å². The maximum absolute atomic E-state index is 9.51. The van der Waals surface area contributed by atoms with E-state index in [9.17, 15) is 4.79 Å². The zero-order chi connectivity index (χ0) is 8.53. The number of hydrogen-bond acceptors (Lipinski definition) is 2. The molecule has 1 rings (SSSR count). The van der Waals surface area contributed by atoms with Crippen LogP contribution in [0.2, 0.25) is 0 Å². The van der Waals surface area contributed by atoms with Crippen LogP contribution in [0.3, 0.4) is 0 Å². The lowest BCUT2D eigenvalue weighted by atomic mass is 10.5. The minimum Gasteiger partial charge on any atom is -0.478 e. The first-order valence-electron chi connectivity index (χ1n) is 3.10. The smallest absolute Gasteiger partial charge is 0.327 e. The van der Waals surface area contributed by atoms with Crippen LogP contribution < -0.4 is 0 Å². The predicted molar refractivity (Wildman–Crippen MR) is 46.8 cm³/mol. The van der Waals surface area contributed by atoms with Gasteiger partial charge in [0.1, 0.15) is 0 Å². The van der Waals surface area contributed by atoms with Crippen molar-refractivity contribution in [3.8, 4) is 0 Å². The van der Waals surface area contributed by atoms with Crippen molar-refractivity contribution in [2.75, 3.05) is 0 Å². The molecular formula is C8H10O2S. The van der Waals surface area contributed by atoms with Gasteiger partial charge in [-0.05, 0) is 17.7 Å². The number of allylic oxidation sites excluding steroid dienone is 1. The third kappa shape index (κ3) is 8.91. The Kier molecular flexibility index (Phi) is 6.33. The van der Waals surface area contributed by atoms with Crippen molar-refractivity contribution in [2.24, 2.45) is 0 Å². The molecule has 0 aliphatic heterocycles. The molecule has 0 aliphatic carbocycles. The molecule has 1 aromatic heterocycles. The third-order valence-electron chi connectivity index (χ3n) is 0.735. The van der Waals surface area contributed by atoms with Crippen LogP contribution >= 0.6 is 11.3 Å². The van der Waals surface area contributed by atoms with E-state index >= 15 is 0 Å². The molecule has 0 amide bonds. The summed E-state index contributed by atoms with van der Waals surface area (Å²) >= 11 is 1.71. The van der Waals surface area contributed by atoms with Crippen molar-refractivity contribution in [1.82, 2.24) is 0 Å².